The highest BCUT2D eigenvalue weighted by Gasteiger charge is 2.25. The van der Waals surface area contributed by atoms with Crippen molar-refractivity contribution in [3.63, 3.8) is 0 Å². The summed E-state index contributed by atoms with van der Waals surface area (Å²) in [6, 6.07) is 18.1. The number of rotatable bonds is 9. The highest BCUT2D eigenvalue weighted by Crippen LogP contribution is 2.27. The average molecular weight is 466 g/mol. The van der Waals surface area contributed by atoms with Gasteiger partial charge in [-0.25, -0.2) is 4.39 Å². The van der Waals surface area contributed by atoms with Crippen LogP contribution < -0.4 is 20.1 Å². The van der Waals surface area contributed by atoms with Crippen LogP contribution in [0.2, 0.25) is 0 Å². The smallest absolute Gasteiger partial charge is 0.326 e. The van der Waals surface area contributed by atoms with E-state index in [2.05, 4.69) is 10.6 Å². The molecule has 0 bridgehead atoms. The summed E-state index contributed by atoms with van der Waals surface area (Å²) in [7, 11) is 2.92. The standard InChI is InChI=1S/C25H23FN2O6/c1-32-20-13-8-17(14-21(20)33-2)24(30)27-15-22(29)34-23(16-6-4-3-5-7-16)25(31)28-19-11-9-18(26)10-12-19/h3-14,23H,15H2,1-2H3,(H,27,30)(H,28,31)/t23-/m0/s1. The lowest BCUT2D eigenvalue weighted by atomic mass is 10.1. The van der Waals surface area contributed by atoms with Gasteiger partial charge < -0.3 is 24.8 Å². The van der Waals surface area contributed by atoms with Crippen LogP contribution in [0.25, 0.3) is 0 Å². The van der Waals surface area contributed by atoms with Crippen molar-refractivity contribution < 1.29 is 33.0 Å². The Morgan fingerprint density at radius 1 is 0.882 bits per heavy atom. The number of carbonyl (C=O) groups is 3. The van der Waals surface area contributed by atoms with Crippen LogP contribution in [0.15, 0.2) is 72.8 Å². The summed E-state index contributed by atoms with van der Waals surface area (Å²) in [4.78, 5) is 37.8. The average Bonchev–Trinajstić information content (AvgIpc) is 2.87. The molecule has 2 amide bonds. The van der Waals surface area contributed by atoms with Gasteiger partial charge in [0.1, 0.15) is 12.4 Å². The van der Waals surface area contributed by atoms with Crippen molar-refractivity contribution in [2.24, 2.45) is 0 Å². The molecule has 34 heavy (non-hydrogen) atoms. The second kappa shape index (κ2) is 11.5. The van der Waals surface area contributed by atoms with Crippen molar-refractivity contribution in [2.45, 2.75) is 6.10 Å². The van der Waals surface area contributed by atoms with Gasteiger partial charge >= 0.3 is 5.97 Å². The molecule has 2 N–H and O–H groups in total. The van der Waals surface area contributed by atoms with E-state index in [-0.39, 0.29) is 5.56 Å². The third-order valence-electron chi connectivity index (χ3n) is 4.74. The lowest BCUT2D eigenvalue weighted by molar-refractivity contribution is -0.153. The zero-order chi connectivity index (χ0) is 24.5. The first-order valence-corrected chi connectivity index (χ1v) is 10.2. The van der Waals surface area contributed by atoms with Gasteiger partial charge in [0.05, 0.1) is 14.2 Å². The molecule has 0 heterocycles. The summed E-state index contributed by atoms with van der Waals surface area (Å²) in [5, 5.41) is 5.05. The Morgan fingerprint density at radius 2 is 1.56 bits per heavy atom. The van der Waals surface area contributed by atoms with Crippen molar-refractivity contribution in [1.82, 2.24) is 5.32 Å². The zero-order valence-electron chi connectivity index (χ0n) is 18.5. The lowest BCUT2D eigenvalue weighted by Crippen LogP contribution is -2.33. The van der Waals surface area contributed by atoms with Crippen LogP contribution in [0.1, 0.15) is 22.0 Å². The minimum atomic E-state index is -1.28. The highest BCUT2D eigenvalue weighted by molar-refractivity contribution is 5.98. The molecule has 3 aromatic carbocycles. The highest BCUT2D eigenvalue weighted by atomic mass is 19.1. The summed E-state index contributed by atoms with van der Waals surface area (Å²) in [5.41, 5.74) is 1.02. The van der Waals surface area contributed by atoms with E-state index < -0.39 is 36.2 Å². The van der Waals surface area contributed by atoms with E-state index in [1.54, 1.807) is 36.4 Å². The third kappa shape index (κ3) is 6.32. The Hall–Kier alpha value is -4.40. The van der Waals surface area contributed by atoms with Crippen LogP contribution in [0, 0.1) is 5.82 Å². The molecule has 0 aliphatic carbocycles. The lowest BCUT2D eigenvalue weighted by Gasteiger charge is -2.18. The number of hydrogen-bond acceptors (Lipinski definition) is 6. The number of methoxy groups -OCH3 is 2. The molecule has 0 fully saturated rings. The fraction of sp³-hybridized carbons (Fsp3) is 0.160. The first kappa shape index (κ1) is 24.2. The predicted octanol–water partition coefficient (Wildman–Crippen LogP) is 3.50. The Kier molecular flexibility index (Phi) is 8.17. The summed E-state index contributed by atoms with van der Waals surface area (Å²) in [5.74, 6) is -1.62. The molecule has 1 atom stereocenters. The second-order valence-corrected chi connectivity index (χ2v) is 7.03. The van der Waals surface area contributed by atoms with Crippen LogP contribution in [0.4, 0.5) is 10.1 Å². The second-order valence-electron chi connectivity index (χ2n) is 7.03. The van der Waals surface area contributed by atoms with Crippen molar-refractivity contribution in [3.05, 3.63) is 89.7 Å². The van der Waals surface area contributed by atoms with Gasteiger partial charge in [-0.15, -0.1) is 0 Å². The quantitative estimate of drug-likeness (QED) is 0.468. The topological polar surface area (TPSA) is 103 Å². The number of anilines is 1. The zero-order valence-corrected chi connectivity index (χ0v) is 18.5. The first-order chi connectivity index (χ1) is 16.4. The summed E-state index contributed by atoms with van der Waals surface area (Å²) < 4.78 is 28.8. The minimum Gasteiger partial charge on any atom is -0.493 e. The molecule has 176 valence electrons. The number of ether oxygens (including phenoxy) is 3. The molecule has 0 spiro atoms. The Bertz CT molecular complexity index is 1150. The number of hydrogen-bond donors (Lipinski definition) is 2. The van der Waals surface area contributed by atoms with Gasteiger partial charge in [-0.05, 0) is 42.5 Å². The van der Waals surface area contributed by atoms with Gasteiger partial charge in [0, 0.05) is 16.8 Å². The maximum Gasteiger partial charge on any atom is 0.326 e. The molecular formula is C25H23FN2O6. The van der Waals surface area contributed by atoms with E-state index in [9.17, 15) is 18.8 Å². The van der Waals surface area contributed by atoms with Crippen LogP contribution in [-0.2, 0) is 14.3 Å². The number of benzene rings is 3. The van der Waals surface area contributed by atoms with Crippen LogP contribution in [-0.4, -0.2) is 38.5 Å². The summed E-state index contributed by atoms with van der Waals surface area (Å²) in [6.45, 7) is -0.472. The van der Waals surface area contributed by atoms with Gasteiger partial charge in [0.25, 0.3) is 11.8 Å². The first-order valence-electron chi connectivity index (χ1n) is 10.2. The molecule has 0 saturated heterocycles. The molecule has 0 aliphatic heterocycles. The number of carbonyl (C=O) groups excluding carboxylic acids is 3. The van der Waals surface area contributed by atoms with Crippen LogP contribution in [0.3, 0.4) is 0 Å². The number of nitrogens with one attached hydrogen (secondary N) is 2. The molecule has 0 unspecified atom stereocenters. The van der Waals surface area contributed by atoms with E-state index in [0.717, 1.165) is 0 Å². The minimum absolute atomic E-state index is 0.249. The predicted molar refractivity (Wildman–Crippen MR) is 122 cm³/mol. The van der Waals surface area contributed by atoms with Gasteiger partial charge in [0.15, 0.2) is 11.5 Å². The van der Waals surface area contributed by atoms with Crippen LogP contribution in [0.5, 0.6) is 11.5 Å². The van der Waals surface area contributed by atoms with E-state index in [4.69, 9.17) is 14.2 Å². The molecule has 3 aromatic rings. The fourth-order valence-corrected chi connectivity index (χ4v) is 3.05. The van der Waals surface area contributed by atoms with E-state index in [0.29, 0.717) is 22.7 Å². The Labute approximate surface area is 195 Å². The van der Waals surface area contributed by atoms with Gasteiger partial charge in [-0.3, -0.25) is 14.4 Å². The number of amides is 2. The van der Waals surface area contributed by atoms with Crippen LogP contribution >= 0.6 is 0 Å². The maximum atomic E-state index is 13.1. The molecule has 0 radical (unpaired) electrons. The summed E-state index contributed by atoms with van der Waals surface area (Å²) in [6.07, 6.45) is -1.28. The molecule has 0 saturated carbocycles. The maximum absolute atomic E-state index is 13.1. The molecule has 0 aliphatic rings. The number of esters is 1. The van der Waals surface area contributed by atoms with Crippen molar-refractivity contribution in [3.8, 4) is 11.5 Å². The Balaban J connectivity index is 1.66. The number of halogens is 1. The molecule has 0 aromatic heterocycles. The van der Waals surface area contributed by atoms with E-state index >= 15 is 0 Å². The third-order valence-corrected chi connectivity index (χ3v) is 4.74. The van der Waals surface area contributed by atoms with E-state index in [1.165, 1.54) is 50.6 Å². The van der Waals surface area contributed by atoms with Gasteiger partial charge in [0.2, 0.25) is 6.10 Å². The monoisotopic (exact) mass is 466 g/mol. The molecular weight excluding hydrogens is 443 g/mol. The molecule has 8 nitrogen and oxygen atoms in total. The fourth-order valence-electron chi connectivity index (χ4n) is 3.05. The van der Waals surface area contributed by atoms with Gasteiger partial charge in [-0.2, -0.15) is 0 Å². The largest absolute Gasteiger partial charge is 0.493 e. The normalized spacial score (nSPS) is 11.1. The van der Waals surface area contributed by atoms with Crippen molar-refractivity contribution >= 4 is 23.5 Å². The molecule has 9 heteroatoms. The SMILES string of the molecule is COc1ccc(C(=O)NCC(=O)O[C@H](C(=O)Nc2ccc(F)cc2)c2ccccc2)cc1OC. The van der Waals surface area contributed by atoms with Gasteiger partial charge in [-0.1, -0.05) is 30.3 Å². The Morgan fingerprint density at radius 3 is 2.21 bits per heavy atom. The molecule has 3 rings (SSSR count). The van der Waals surface area contributed by atoms with E-state index in [1.807, 2.05) is 0 Å². The van der Waals surface area contributed by atoms with Crippen molar-refractivity contribution in [2.75, 3.05) is 26.1 Å². The van der Waals surface area contributed by atoms with Crippen molar-refractivity contribution in [1.29, 1.82) is 0 Å². The summed E-state index contributed by atoms with van der Waals surface area (Å²) >= 11 is 0.